The molecule has 0 radical (unpaired) electrons. The Morgan fingerprint density at radius 3 is 2.67 bits per heavy atom. The standard InChI is InChI=1S/C16H27NO/c1-5-7-8-10-14(6-2)15-11-9-12-17-16(15)13(3)18-4/h9,11-14H,5-8,10H2,1-4H3/t13-,14?/m0/s1. The van der Waals surface area contributed by atoms with Gasteiger partial charge in [-0.1, -0.05) is 39.2 Å². The van der Waals surface area contributed by atoms with Gasteiger partial charge in [0.25, 0.3) is 0 Å². The molecular formula is C16H27NO. The molecule has 0 aliphatic rings. The Labute approximate surface area is 112 Å². The molecule has 2 nitrogen and oxygen atoms in total. The summed E-state index contributed by atoms with van der Waals surface area (Å²) >= 11 is 0. The van der Waals surface area contributed by atoms with Crippen LogP contribution in [0.4, 0.5) is 0 Å². The van der Waals surface area contributed by atoms with Crippen molar-refractivity contribution in [1.29, 1.82) is 0 Å². The van der Waals surface area contributed by atoms with Gasteiger partial charge in [-0.3, -0.25) is 4.98 Å². The second kappa shape index (κ2) is 8.25. The van der Waals surface area contributed by atoms with Crippen LogP contribution in [0, 0.1) is 0 Å². The van der Waals surface area contributed by atoms with Crippen LogP contribution in [0.5, 0.6) is 0 Å². The van der Waals surface area contributed by atoms with Gasteiger partial charge in [-0.15, -0.1) is 0 Å². The van der Waals surface area contributed by atoms with Gasteiger partial charge in [0.15, 0.2) is 0 Å². The summed E-state index contributed by atoms with van der Waals surface area (Å²) in [5, 5.41) is 0. The second-order valence-corrected chi connectivity index (χ2v) is 4.96. The summed E-state index contributed by atoms with van der Waals surface area (Å²) in [6, 6.07) is 4.27. The van der Waals surface area contributed by atoms with E-state index in [0.29, 0.717) is 5.92 Å². The van der Waals surface area contributed by atoms with Gasteiger partial charge in [-0.2, -0.15) is 0 Å². The zero-order chi connectivity index (χ0) is 13.4. The highest BCUT2D eigenvalue weighted by molar-refractivity contribution is 5.25. The lowest BCUT2D eigenvalue weighted by atomic mass is 9.89. The van der Waals surface area contributed by atoms with Gasteiger partial charge in [0.1, 0.15) is 0 Å². The van der Waals surface area contributed by atoms with E-state index >= 15 is 0 Å². The Kier molecular flexibility index (Phi) is 6.96. The molecule has 1 heterocycles. The molecule has 0 saturated heterocycles. The molecule has 0 bridgehead atoms. The number of hydrogen-bond donors (Lipinski definition) is 0. The first kappa shape index (κ1) is 15.2. The van der Waals surface area contributed by atoms with E-state index < -0.39 is 0 Å². The monoisotopic (exact) mass is 249 g/mol. The van der Waals surface area contributed by atoms with E-state index in [1.54, 1.807) is 7.11 Å². The van der Waals surface area contributed by atoms with Gasteiger partial charge in [-0.05, 0) is 37.3 Å². The number of aromatic nitrogens is 1. The van der Waals surface area contributed by atoms with Gasteiger partial charge in [0, 0.05) is 13.3 Å². The Morgan fingerprint density at radius 1 is 1.28 bits per heavy atom. The summed E-state index contributed by atoms with van der Waals surface area (Å²) in [5.41, 5.74) is 2.49. The zero-order valence-corrected chi connectivity index (χ0v) is 12.3. The van der Waals surface area contributed by atoms with Crippen LogP contribution in [0.1, 0.15) is 76.2 Å². The summed E-state index contributed by atoms with van der Waals surface area (Å²) in [6.07, 6.45) is 8.31. The summed E-state index contributed by atoms with van der Waals surface area (Å²) < 4.78 is 5.43. The second-order valence-electron chi connectivity index (χ2n) is 4.96. The minimum absolute atomic E-state index is 0.0847. The molecule has 0 saturated carbocycles. The van der Waals surface area contributed by atoms with Gasteiger partial charge < -0.3 is 4.74 Å². The normalized spacial score (nSPS) is 14.4. The van der Waals surface area contributed by atoms with Crippen LogP contribution in [0.15, 0.2) is 18.3 Å². The Bertz CT molecular complexity index is 338. The molecule has 1 unspecified atom stereocenters. The number of ether oxygens (including phenoxy) is 1. The lowest BCUT2D eigenvalue weighted by Gasteiger charge is -2.21. The molecule has 2 atom stereocenters. The third-order valence-electron chi connectivity index (χ3n) is 3.70. The summed E-state index contributed by atoms with van der Waals surface area (Å²) in [7, 11) is 1.75. The highest BCUT2D eigenvalue weighted by Gasteiger charge is 2.17. The molecule has 0 amide bonds. The van der Waals surface area contributed by atoms with Crippen LogP contribution in [-0.4, -0.2) is 12.1 Å². The quantitative estimate of drug-likeness (QED) is 0.614. The van der Waals surface area contributed by atoms with Crippen molar-refractivity contribution in [2.24, 2.45) is 0 Å². The third kappa shape index (κ3) is 4.09. The topological polar surface area (TPSA) is 22.1 Å². The number of hydrogen-bond acceptors (Lipinski definition) is 2. The van der Waals surface area contributed by atoms with Crippen LogP contribution in [-0.2, 0) is 4.74 Å². The average Bonchev–Trinajstić information content (AvgIpc) is 2.43. The molecule has 0 N–H and O–H groups in total. The van der Waals surface area contributed by atoms with Crippen molar-refractivity contribution in [3.8, 4) is 0 Å². The fourth-order valence-electron chi connectivity index (χ4n) is 2.45. The zero-order valence-electron chi connectivity index (χ0n) is 12.3. The maximum Gasteiger partial charge on any atom is 0.0965 e. The largest absolute Gasteiger partial charge is 0.375 e. The van der Waals surface area contributed by atoms with Crippen LogP contribution >= 0.6 is 0 Å². The van der Waals surface area contributed by atoms with Gasteiger partial charge >= 0.3 is 0 Å². The van der Waals surface area contributed by atoms with E-state index in [1.165, 1.54) is 37.7 Å². The molecule has 0 spiro atoms. The van der Waals surface area contributed by atoms with Crippen molar-refractivity contribution < 1.29 is 4.74 Å². The van der Waals surface area contributed by atoms with E-state index in [0.717, 1.165) is 5.69 Å². The van der Waals surface area contributed by atoms with Crippen molar-refractivity contribution in [2.45, 2.75) is 64.9 Å². The molecule has 1 aromatic rings. The third-order valence-corrected chi connectivity index (χ3v) is 3.70. The van der Waals surface area contributed by atoms with Crippen molar-refractivity contribution in [1.82, 2.24) is 4.98 Å². The molecule has 0 aliphatic carbocycles. The molecule has 1 rings (SSSR count). The first-order chi connectivity index (χ1) is 8.74. The highest BCUT2D eigenvalue weighted by atomic mass is 16.5. The minimum Gasteiger partial charge on any atom is -0.375 e. The van der Waals surface area contributed by atoms with Crippen LogP contribution in [0.25, 0.3) is 0 Å². The van der Waals surface area contributed by atoms with E-state index in [4.69, 9.17) is 4.74 Å². The lowest BCUT2D eigenvalue weighted by molar-refractivity contribution is 0.114. The van der Waals surface area contributed by atoms with E-state index in [1.807, 2.05) is 12.3 Å². The van der Waals surface area contributed by atoms with Crippen LogP contribution in [0.3, 0.4) is 0 Å². The van der Waals surface area contributed by atoms with Crippen molar-refractivity contribution in [3.05, 3.63) is 29.6 Å². The number of pyridine rings is 1. The highest BCUT2D eigenvalue weighted by Crippen LogP contribution is 2.31. The maximum atomic E-state index is 5.43. The molecule has 0 fully saturated rings. The molecule has 0 aliphatic heterocycles. The Morgan fingerprint density at radius 2 is 2.06 bits per heavy atom. The van der Waals surface area contributed by atoms with Gasteiger partial charge in [0.2, 0.25) is 0 Å². The first-order valence-electron chi connectivity index (χ1n) is 7.22. The number of rotatable bonds is 8. The first-order valence-corrected chi connectivity index (χ1v) is 7.22. The molecule has 1 aromatic heterocycles. The number of unbranched alkanes of at least 4 members (excludes halogenated alkanes) is 2. The van der Waals surface area contributed by atoms with E-state index in [9.17, 15) is 0 Å². The Balaban J connectivity index is 2.83. The molecule has 2 heteroatoms. The average molecular weight is 249 g/mol. The van der Waals surface area contributed by atoms with Gasteiger partial charge in [0.05, 0.1) is 11.8 Å². The fraction of sp³-hybridized carbons (Fsp3) is 0.688. The van der Waals surface area contributed by atoms with Crippen LogP contribution < -0.4 is 0 Å². The SMILES string of the molecule is CCCCCC(CC)c1cccnc1[C@H](C)OC. The molecular weight excluding hydrogens is 222 g/mol. The summed E-state index contributed by atoms with van der Waals surface area (Å²) in [4.78, 5) is 4.52. The lowest BCUT2D eigenvalue weighted by Crippen LogP contribution is -2.08. The number of nitrogens with zero attached hydrogens (tertiary/aromatic N) is 1. The predicted molar refractivity (Wildman–Crippen MR) is 76.8 cm³/mol. The smallest absolute Gasteiger partial charge is 0.0965 e. The van der Waals surface area contributed by atoms with Gasteiger partial charge in [-0.25, -0.2) is 0 Å². The fourth-order valence-corrected chi connectivity index (χ4v) is 2.45. The molecule has 18 heavy (non-hydrogen) atoms. The Hall–Kier alpha value is -0.890. The minimum atomic E-state index is 0.0847. The summed E-state index contributed by atoms with van der Waals surface area (Å²) in [6.45, 7) is 6.60. The van der Waals surface area contributed by atoms with Crippen LogP contribution in [0.2, 0.25) is 0 Å². The summed E-state index contributed by atoms with van der Waals surface area (Å²) in [5.74, 6) is 0.623. The number of methoxy groups -OCH3 is 1. The van der Waals surface area contributed by atoms with Crippen molar-refractivity contribution in [2.75, 3.05) is 7.11 Å². The van der Waals surface area contributed by atoms with E-state index in [-0.39, 0.29) is 6.10 Å². The molecule has 0 aromatic carbocycles. The maximum absolute atomic E-state index is 5.43. The van der Waals surface area contributed by atoms with Crippen molar-refractivity contribution in [3.63, 3.8) is 0 Å². The van der Waals surface area contributed by atoms with Crippen molar-refractivity contribution >= 4 is 0 Å². The van der Waals surface area contributed by atoms with E-state index in [2.05, 4.69) is 31.8 Å². The predicted octanol–water partition coefficient (Wildman–Crippen LogP) is 4.86. The molecule has 102 valence electrons.